The molecule has 0 heterocycles. The fourth-order valence-corrected chi connectivity index (χ4v) is 1.50. The average Bonchev–Trinajstić information content (AvgIpc) is 2.17. The number of hydrogen-bond acceptors (Lipinski definition) is 3. The van der Waals surface area contributed by atoms with Crippen LogP contribution in [0.25, 0.3) is 0 Å². The maximum atomic E-state index is 11.1. The summed E-state index contributed by atoms with van der Waals surface area (Å²) in [5.41, 5.74) is 0. The van der Waals surface area contributed by atoms with Gasteiger partial charge in [0.15, 0.2) is 0 Å². The lowest BCUT2D eigenvalue weighted by molar-refractivity contribution is -0.137. The van der Waals surface area contributed by atoms with Crippen LogP contribution in [0.5, 0.6) is 0 Å². The Bertz CT molecular complexity index is 219. The van der Waals surface area contributed by atoms with Crippen molar-refractivity contribution in [3.05, 3.63) is 12.7 Å². The lowest BCUT2D eigenvalue weighted by Crippen LogP contribution is -2.25. The largest absolute Gasteiger partial charge is 0.481 e. The third-order valence-electron chi connectivity index (χ3n) is 1.60. The molecule has 4 nitrogen and oxygen atoms in total. The number of carboxylic acid groups (broad SMARTS) is 1. The number of carbonyl (C=O) groups is 2. The molecule has 0 aromatic carbocycles. The Morgan fingerprint density at radius 1 is 1.40 bits per heavy atom. The molecule has 86 valence electrons. The van der Waals surface area contributed by atoms with Gasteiger partial charge in [-0.3, -0.25) is 9.59 Å². The predicted octanol–water partition coefficient (Wildman–Crippen LogP) is 1.28. The van der Waals surface area contributed by atoms with Crippen molar-refractivity contribution < 1.29 is 14.7 Å². The van der Waals surface area contributed by atoms with Crippen LogP contribution in [-0.2, 0) is 9.59 Å². The zero-order chi connectivity index (χ0) is 11.5. The molecule has 5 heteroatoms. The van der Waals surface area contributed by atoms with E-state index in [4.69, 9.17) is 5.11 Å². The summed E-state index contributed by atoms with van der Waals surface area (Å²) in [6.07, 6.45) is 2.57. The number of hydrogen-bond donors (Lipinski definition) is 2. The number of carboxylic acids is 1. The third kappa shape index (κ3) is 11.0. The molecule has 0 radical (unpaired) electrons. The third-order valence-corrected chi connectivity index (χ3v) is 2.56. The Morgan fingerprint density at radius 3 is 2.73 bits per heavy atom. The van der Waals surface area contributed by atoms with E-state index in [-0.39, 0.29) is 12.3 Å². The van der Waals surface area contributed by atoms with Crippen LogP contribution in [0.15, 0.2) is 12.7 Å². The van der Waals surface area contributed by atoms with Gasteiger partial charge in [0.25, 0.3) is 0 Å². The first kappa shape index (κ1) is 14.0. The zero-order valence-electron chi connectivity index (χ0n) is 8.70. The number of aliphatic carboxylic acids is 1. The number of thioether (sulfide) groups is 1. The van der Waals surface area contributed by atoms with Crippen molar-refractivity contribution in [2.24, 2.45) is 0 Å². The molecule has 0 spiro atoms. The van der Waals surface area contributed by atoms with Crippen LogP contribution in [0, 0.1) is 0 Å². The second-order valence-corrected chi connectivity index (χ2v) is 4.11. The molecule has 0 aliphatic heterocycles. The Morgan fingerprint density at radius 2 is 2.13 bits per heavy atom. The maximum absolute atomic E-state index is 11.1. The van der Waals surface area contributed by atoms with Crippen molar-refractivity contribution in [2.45, 2.75) is 19.3 Å². The summed E-state index contributed by atoms with van der Waals surface area (Å²) >= 11 is 1.70. The minimum absolute atomic E-state index is 0.0542. The van der Waals surface area contributed by atoms with Crippen LogP contribution in [-0.4, -0.2) is 35.0 Å². The van der Waals surface area contributed by atoms with Gasteiger partial charge in [-0.15, -0.1) is 6.58 Å². The second-order valence-electron chi connectivity index (χ2n) is 2.96. The smallest absolute Gasteiger partial charge is 0.303 e. The van der Waals surface area contributed by atoms with E-state index in [1.807, 2.05) is 6.08 Å². The van der Waals surface area contributed by atoms with E-state index >= 15 is 0 Å². The van der Waals surface area contributed by atoms with Crippen LogP contribution >= 0.6 is 11.8 Å². The molecule has 0 aliphatic carbocycles. The van der Waals surface area contributed by atoms with Crippen molar-refractivity contribution in [1.29, 1.82) is 0 Å². The van der Waals surface area contributed by atoms with Crippen molar-refractivity contribution in [2.75, 3.05) is 18.1 Å². The first-order chi connectivity index (χ1) is 7.16. The van der Waals surface area contributed by atoms with Crippen LogP contribution in [0.4, 0.5) is 0 Å². The molecule has 2 N–H and O–H groups in total. The van der Waals surface area contributed by atoms with Gasteiger partial charge in [0.05, 0.1) is 0 Å². The number of carbonyl (C=O) groups excluding carboxylic acids is 1. The van der Waals surface area contributed by atoms with Crippen LogP contribution in [0.3, 0.4) is 0 Å². The first-order valence-corrected chi connectivity index (χ1v) is 5.99. The molecular weight excluding hydrogens is 214 g/mol. The summed E-state index contributed by atoms with van der Waals surface area (Å²) in [4.78, 5) is 21.3. The molecule has 0 aromatic heterocycles. The molecular formula is C10H17NO3S. The fourth-order valence-electron chi connectivity index (χ4n) is 0.918. The summed E-state index contributed by atoms with van der Waals surface area (Å²) in [5.74, 6) is 0.811. The monoisotopic (exact) mass is 231 g/mol. The standard InChI is InChI=1S/C10H17NO3S/c1-2-7-15-8-6-11-9(12)4-3-5-10(13)14/h2H,1,3-8H2,(H,11,12)(H,13,14). The predicted molar refractivity (Wildman–Crippen MR) is 62.0 cm³/mol. The highest BCUT2D eigenvalue weighted by molar-refractivity contribution is 7.99. The van der Waals surface area contributed by atoms with E-state index in [1.165, 1.54) is 0 Å². The van der Waals surface area contributed by atoms with Gasteiger partial charge < -0.3 is 10.4 Å². The maximum Gasteiger partial charge on any atom is 0.303 e. The average molecular weight is 231 g/mol. The zero-order valence-corrected chi connectivity index (χ0v) is 9.52. The molecule has 0 unspecified atom stereocenters. The van der Waals surface area contributed by atoms with E-state index in [0.717, 1.165) is 11.5 Å². The van der Waals surface area contributed by atoms with E-state index < -0.39 is 5.97 Å². The van der Waals surface area contributed by atoms with Crippen LogP contribution in [0.1, 0.15) is 19.3 Å². The molecule has 15 heavy (non-hydrogen) atoms. The second kappa shape index (κ2) is 9.58. The van der Waals surface area contributed by atoms with Gasteiger partial charge in [-0.25, -0.2) is 0 Å². The highest BCUT2D eigenvalue weighted by atomic mass is 32.2. The lowest BCUT2D eigenvalue weighted by atomic mass is 10.2. The van der Waals surface area contributed by atoms with Gasteiger partial charge in [-0.1, -0.05) is 6.08 Å². The Labute approximate surface area is 94.1 Å². The topological polar surface area (TPSA) is 66.4 Å². The van der Waals surface area contributed by atoms with E-state index in [0.29, 0.717) is 19.4 Å². The van der Waals surface area contributed by atoms with E-state index in [1.54, 1.807) is 11.8 Å². The van der Waals surface area contributed by atoms with Gasteiger partial charge in [0.1, 0.15) is 0 Å². The lowest BCUT2D eigenvalue weighted by Gasteiger charge is -2.03. The van der Waals surface area contributed by atoms with Crippen molar-refractivity contribution >= 4 is 23.6 Å². The number of amides is 1. The summed E-state index contributed by atoms with van der Waals surface area (Å²) in [7, 11) is 0. The van der Waals surface area contributed by atoms with Gasteiger partial charge in [0, 0.05) is 30.9 Å². The van der Waals surface area contributed by atoms with E-state index in [9.17, 15) is 9.59 Å². The molecule has 0 rings (SSSR count). The highest BCUT2D eigenvalue weighted by Crippen LogP contribution is 1.98. The highest BCUT2D eigenvalue weighted by Gasteiger charge is 2.02. The Hall–Kier alpha value is -0.970. The molecule has 0 fully saturated rings. The van der Waals surface area contributed by atoms with Gasteiger partial charge >= 0.3 is 5.97 Å². The molecule has 0 atom stereocenters. The minimum atomic E-state index is -0.857. The number of rotatable bonds is 9. The molecule has 0 saturated carbocycles. The van der Waals surface area contributed by atoms with Crippen molar-refractivity contribution in [1.82, 2.24) is 5.32 Å². The summed E-state index contributed by atoms with van der Waals surface area (Å²) in [6.45, 7) is 4.22. The molecule has 0 aromatic rings. The molecule has 0 saturated heterocycles. The number of nitrogens with one attached hydrogen (secondary N) is 1. The van der Waals surface area contributed by atoms with Gasteiger partial charge in [0.2, 0.25) is 5.91 Å². The molecule has 1 amide bonds. The molecule has 0 aliphatic rings. The fraction of sp³-hybridized carbons (Fsp3) is 0.600. The summed E-state index contributed by atoms with van der Waals surface area (Å²) in [5, 5.41) is 11.1. The normalized spacial score (nSPS) is 9.60. The van der Waals surface area contributed by atoms with Crippen LogP contribution in [0.2, 0.25) is 0 Å². The SMILES string of the molecule is C=CCSCCNC(=O)CCCC(=O)O. The summed E-state index contributed by atoms with van der Waals surface area (Å²) < 4.78 is 0. The quantitative estimate of drug-likeness (QED) is 0.463. The van der Waals surface area contributed by atoms with Crippen LogP contribution < -0.4 is 5.32 Å². The Kier molecular flexibility index (Phi) is 8.96. The summed E-state index contributed by atoms with van der Waals surface area (Å²) in [6, 6.07) is 0. The van der Waals surface area contributed by atoms with Crippen molar-refractivity contribution in [3.8, 4) is 0 Å². The van der Waals surface area contributed by atoms with Gasteiger partial charge in [-0.2, -0.15) is 11.8 Å². The van der Waals surface area contributed by atoms with E-state index in [2.05, 4.69) is 11.9 Å². The minimum Gasteiger partial charge on any atom is -0.481 e. The van der Waals surface area contributed by atoms with Gasteiger partial charge in [-0.05, 0) is 6.42 Å². The molecule has 0 bridgehead atoms. The Balaban J connectivity index is 3.25. The first-order valence-electron chi connectivity index (χ1n) is 4.84. The van der Waals surface area contributed by atoms with Crippen molar-refractivity contribution in [3.63, 3.8) is 0 Å².